The predicted octanol–water partition coefficient (Wildman–Crippen LogP) is 2.15. The van der Waals surface area contributed by atoms with Crippen LogP contribution in [0.25, 0.3) is 0 Å². The smallest absolute Gasteiger partial charge is 0.270 e. The third-order valence-corrected chi connectivity index (χ3v) is 5.89. The molecule has 1 aromatic carbocycles. The van der Waals surface area contributed by atoms with E-state index in [9.17, 15) is 13.2 Å². The van der Waals surface area contributed by atoms with Crippen molar-refractivity contribution in [1.82, 2.24) is 14.9 Å². The lowest BCUT2D eigenvalue weighted by Gasteiger charge is -2.16. The number of nitrogens with one attached hydrogen (secondary N) is 2. The van der Waals surface area contributed by atoms with Gasteiger partial charge >= 0.3 is 0 Å². The normalized spacial score (nSPS) is 12.9. The number of anilines is 1. The quantitative estimate of drug-likeness (QED) is 0.801. The van der Waals surface area contributed by atoms with Crippen LogP contribution in [0.1, 0.15) is 36.6 Å². The standard InChI is InChI=1S/C14H18N4O3S2/c1-8-5-6-12(9(2)7-8)10(3)18-23(20,21)14-17-16-13(22-14)15-11(4)19/h5-7,10,18H,1-4H3,(H,15,16,19)/t10-/m0/s1. The molecular weight excluding hydrogens is 336 g/mol. The van der Waals surface area contributed by atoms with E-state index in [1.807, 2.05) is 32.0 Å². The lowest BCUT2D eigenvalue weighted by Crippen LogP contribution is -2.27. The molecule has 0 unspecified atom stereocenters. The fraction of sp³-hybridized carbons (Fsp3) is 0.357. The Morgan fingerprint density at radius 2 is 1.96 bits per heavy atom. The summed E-state index contributed by atoms with van der Waals surface area (Å²) in [6.07, 6.45) is 0. The van der Waals surface area contributed by atoms with Crippen molar-refractivity contribution in [3.8, 4) is 0 Å². The zero-order chi connectivity index (χ0) is 17.2. The number of hydrogen-bond acceptors (Lipinski definition) is 6. The summed E-state index contributed by atoms with van der Waals surface area (Å²) >= 11 is 0.807. The van der Waals surface area contributed by atoms with Crippen molar-refractivity contribution in [1.29, 1.82) is 0 Å². The largest absolute Gasteiger partial charge is 0.301 e. The molecule has 0 saturated heterocycles. The van der Waals surface area contributed by atoms with Crippen molar-refractivity contribution in [2.45, 2.75) is 38.1 Å². The first-order valence-electron chi connectivity index (χ1n) is 6.89. The number of amides is 1. The van der Waals surface area contributed by atoms with Gasteiger partial charge in [0.15, 0.2) is 0 Å². The summed E-state index contributed by atoms with van der Waals surface area (Å²) in [5.74, 6) is -0.332. The molecule has 0 aliphatic rings. The molecule has 1 atom stereocenters. The molecule has 23 heavy (non-hydrogen) atoms. The van der Waals surface area contributed by atoms with Crippen LogP contribution in [-0.2, 0) is 14.8 Å². The van der Waals surface area contributed by atoms with E-state index in [1.165, 1.54) is 6.92 Å². The number of rotatable bonds is 5. The Bertz CT molecular complexity index is 830. The highest BCUT2D eigenvalue weighted by Gasteiger charge is 2.24. The monoisotopic (exact) mass is 354 g/mol. The summed E-state index contributed by atoms with van der Waals surface area (Å²) < 4.78 is 27.2. The first kappa shape index (κ1) is 17.5. The molecule has 1 aromatic heterocycles. The van der Waals surface area contributed by atoms with Gasteiger partial charge in [0, 0.05) is 13.0 Å². The minimum atomic E-state index is -3.81. The number of carbonyl (C=O) groups excluding carboxylic acids is 1. The summed E-state index contributed by atoms with van der Waals surface area (Å²) in [7, 11) is -3.81. The molecule has 9 heteroatoms. The van der Waals surface area contributed by atoms with Crippen molar-refractivity contribution in [3.05, 3.63) is 34.9 Å². The number of aryl methyl sites for hydroxylation is 2. The van der Waals surface area contributed by atoms with Crippen molar-refractivity contribution < 1.29 is 13.2 Å². The maximum atomic E-state index is 12.4. The third kappa shape index (κ3) is 4.34. The molecular formula is C14H18N4O3S2. The van der Waals surface area contributed by atoms with Gasteiger partial charge in [-0.3, -0.25) is 4.79 Å². The fourth-order valence-electron chi connectivity index (χ4n) is 2.18. The number of carbonyl (C=O) groups is 1. The van der Waals surface area contributed by atoms with Crippen LogP contribution in [0.5, 0.6) is 0 Å². The number of sulfonamides is 1. The van der Waals surface area contributed by atoms with Crippen LogP contribution in [0.4, 0.5) is 5.13 Å². The van der Waals surface area contributed by atoms with Crippen molar-refractivity contribution in [3.63, 3.8) is 0 Å². The van der Waals surface area contributed by atoms with E-state index in [4.69, 9.17) is 0 Å². The predicted molar refractivity (Wildman–Crippen MR) is 88.9 cm³/mol. The molecule has 124 valence electrons. The van der Waals surface area contributed by atoms with Gasteiger partial charge in [0.2, 0.25) is 15.4 Å². The molecule has 7 nitrogen and oxygen atoms in total. The van der Waals surface area contributed by atoms with Gasteiger partial charge in [-0.25, -0.2) is 13.1 Å². The Hall–Kier alpha value is -1.84. The summed E-state index contributed by atoms with van der Waals surface area (Å²) in [6, 6.07) is 5.43. The summed E-state index contributed by atoms with van der Waals surface area (Å²) in [5, 5.41) is 9.84. The Morgan fingerprint density at radius 1 is 1.26 bits per heavy atom. The van der Waals surface area contributed by atoms with Crippen LogP contribution in [0.2, 0.25) is 0 Å². The van der Waals surface area contributed by atoms with Gasteiger partial charge in [-0.05, 0) is 31.9 Å². The third-order valence-electron chi connectivity index (χ3n) is 3.14. The second kappa shape index (κ2) is 6.73. The number of hydrogen-bond donors (Lipinski definition) is 2. The number of benzene rings is 1. The van der Waals surface area contributed by atoms with Crippen LogP contribution in [0.3, 0.4) is 0 Å². The van der Waals surface area contributed by atoms with Gasteiger partial charge in [-0.2, -0.15) is 0 Å². The molecule has 0 fully saturated rings. The van der Waals surface area contributed by atoms with Gasteiger partial charge in [0.25, 0.3) is 10.0 Å². The second-order valence-corrected chi connectivity index (χ2v) is 8.12. The maximum Gasteiger partial charge on any atom is 0.270 e. The summed E-state index contributed by atoms with van der Waals surface area (Å²) in [5.41, 5.74) is 3.02. The molecule has 0 spiro atoms. The average molecular weight is 354 g/mol. The van der Waals surface area contributed by atoms with E-state index in [1.54, 1.807) is 6.92 Å². The highest BCUT2D eigenvalue weighted by Crippen LogP contribution is 2.24. The highest BCUT2D eigenvalue weighted by molar-refractivity contribution is 7.91. The molecule has 2 N–H and O–H groups in total. The lowest BCUT2D eigenvalue weighted by molar-refractivity contribution is -0.114. The van der Waals surface area contributed by atoms with Gasteiger partial charge in [0.1, 0.15) is 0 Å². The number of aromatic nitrogens is 2. The van der Waals surface area contributed by atoms with Gasteiger partial charge in [0.05, 0.1) is 0 Å². The molecule has 1 heterocycles. The van der Waals surface area contributed by atoms with E-state index < -0.39 is 16.1 Å². The minimum Gasteiger partial charge on any atom is -0.301 e. The van der Waals surface area contributed by atoms with Crippen LogP contribution in [0, 0.1) is 13.8 Å². The van der Waals surface area contributed by atoms with Crippen molar-refractivity contribution in [2.24, 2.45) is 0 Å². The van der Waals surface area contributed by atoms with Crippen LogP contribution in [0.15, 0.2) is 22.5 Å². The molecule has 0 radical (unpaired) electrons. The Balaban J connectivity index is 2.20. The fourth-order valence-corrected chi connectivity index (χ4v) is 4.36. The van der Waals surface area contributed by atoms with Gasteiger partial charge in [-0.1, -0.05) is 35.1 Å². The molecule has 0 aliphatic carbocycles. The Kier molecular flexibility index (Phi) is 5.12. The first-order valence-corrected chi connectivity index (χ1v) is 9.19. The summed E-state index contributed by atoms with van der Waals surface area (Å²) in [4.78, 5) is 11.0. The van der Waals surface area contributed by atoms with Gasteiger partial charge < -0.3 is 5.32 Å². The maximum absolute atomic E-state index is 12.4. The second-order valence-electron chi connectivity index (χ2n) is 5.26. The van der Waals surface area contributed by atoms with E-state index in [2.05, 4.69) is 20.2 Å². The van der Waals surface area contributed by atoms with E-state index in [0.29, 0.717) is 0 Å². The molecule has 0 saturated carbocycles. The van der Waals surface area contributed by atoms with Crippen LogP contribution < -0.4 is 10.0 Å². The van der Waals surface area contributed by atoms with E-state index >= 15 is 0 Å². The minimum absolute atomic E-state index is 0.150. The highest BCUT2D eigenvalue weighted by atomic mass is 32.2. The van der Waals surface area contributed by atoms with Crippen molar-refractivity contribution in [2.75, 3.05) is 5.32 Å². The SMILES string of the molecule is CC(=O)Nc1nnc(S(=O)(=O)N[C@@H](C)c2ccc(C)cc2C)s1. The topological polar surface area (TPSA) is 101 Å². The van der Waals surface area contributed by atoms with Crippen molar-refractivity contribution >= 4 is 32.4 Å². The van der Waals surface area contributed by atoms with Gasteiger partial charge in [-0.15, -0.1) is 10.2 Å². The zero-order valence-electron chi connectivity index (χ0n) is 13.2. The molecule has 0 bridgehead atoms. The number of nitrogens with zero attached hydrogens (tertiary/aromatic N) is 2. The zero-order valence-corrected chi connectivity index (χ0v) is 14.9. The van der Waals surface area contributed by atoms with Crippen LogP contribution >= 0.6 is 11.3 Å². The first-order chi connectivity index (χ1) is 10.7. The molecule has 0 aliphatic heterocycles. The average Bonchev–Trinajstić information content (AvgIpc) is 2.86. The lowest BCUT2D eigenvalue weighted by atomic mass is 10.0. The van der Waals surface area contributed by atoms with Crippen LogP contribution in [-0.4, -0.2) is 24.5 Å². The Morgan fingerprint density at radius 3 is 2.57 bits per heavy atom. The Labute approximate surface area is 139 Å². The molecule has 2 aromatic rings. The van der Waals surface area contributed by atoms with E-state index in [-0.39, 0.29) is 15.4 Å². The van der Waals surface area contributed by atoms with E-state index in [0.717, 1.165) is 28.0 Å². The molecule has 2 rings (SSSR count). The molecule has 1 amide bonds. The summed E-state index contributed by atoms with van der Waals surface area (Å²) in [6.45, 7) is 7.00.